The van der Waals surface area contributed by atoms with Crippen molar-refractivity contribution in [3.8, 4) is 0 Å². The highest BCUT2D eigenvalue weighted by molar-refractivity contribution is 6.05. The minimum atomic E-state index is -0.677. The summed E-state index contributed by atoms with van der Waals surface area (Å²) >= 11 is 0. The summed E-state index contributed by atoms with van der Waals surface area (Å²) in [6.07, 6.45) is 5.83. The lowest BCUT2D eigenvalue weighted by molar-refractivity contribution is -0.143. The van der Waals surface area contributed by atoms with Gasteiger partial charge in [-0.2, -0.15) is 0 Å². The number of hydrogen-bond donors (Lipinski definition) is 1. The summed E-state index contributed by atoms with van der Waals surface area (Å²) in [6.45, 7) is 7.95. The standard InChI is InChI=1S/C26H35N3O4/c1-5-18(3)27-24(31)19(4)29(16-20-10-8-9-17(2)15-20)23(30)13-14-28-25(32)21-11-6-7-12-22(21)26(28)33/h6-10,15,18-19,21-22H,5,11-14,16H2,1-4H3,(H,27,31)/t18-,19-,21-,22+/m0/s1. The summed E-state index contributed by atoms with van der Waals surface area (Å²) in [5.41, 5.74) is 2.00. The predicted molar refractivity (Wildman–Crippen MR) is 126 cm³/mol. The number of fused-ring (bicyclic) bond motifs is 1. The molecule has 0 unspecified atom stereocenters. The van der Waals surface area contributed by atoms with Gasteiger partial charge in [-0.3, -0.25) is 24.1 Å². The van der Waals surface area contributed by atoms with Gasteiger partial charge in [0.25, 0.3) is 0 Å². The van der Waals surface area contributed by atoms with Gasteiger partial charge >= 0.3 is 0 Å². The van der Waals surface area contributed by atoms with Crippen molar-refractivity contribution in [2.75, 3.05) is 6.54 Å². The molecular weight excluding hydrogens is 418 g/mol. The molecule has 178 valence electrons. The Morgan fingerprint density at radius 2 is 1.76 bits per heavy atom. The van der Waals surface area contributed by atoms with Crippen LogP contribution in [0.25, 0.3) is 0 Å². The number of benzene rings is 1. The smallest absolute Gasteiger partial charge is 0.242 e. The molecule has 0 spiro atoms. The molecule has 1 aliphatic carbocycles. The van der Waals surface area contributed by atoms with Crippen LogP contribution in [0.2, 0.25) is 0 Å². The number of nitrogens with zero attached hydrogens (tertiary/aromatic N) is 2. The van der Waals surface area contributed by atoms with Gasteiger partial charge < -0.3 is 10.2 Å². The lowest BCUT2D eigenvalue weighted by atomic mass is 9.85. The summed E-state index contributed by atoms with van der Waals surface area (Å²) in [5.74, 6) is -1.44. The van der Waals surface area contributed by atoms with Gasteiger partial charge in [0.1, 0.15) is 6.04 Å². The van der Waals surface area contributed by atoms with E-state index in [4.69, 9.17) is 0 Å². The number of amides is 4. The molecule has 0 aromatic heterocycles. The van der Waals surface area contributed by atoms with Crippen LogP contribution in [0.3, 0.4) is 0 Å². The van der Waals surface area contributed by atoms with Crippen LogP contribution in [-0.2, 0) is 25.7 Å². The Bertz CT molecular complexity index is 915. The third kappa shape index (κ3) is 5.70. The number of nitrogens with one attached hydrogen (secondary N) is 1. The molecule has 0 radical (unpaired) electrons. The number of carbonyl (C=O) groups is 4. The topological polar surface area (TPSA) is 86.8 Å². The van der Waals surface area contributed by atoms with Crippen LogP contribution in [0.1, 0.15) is 57.6 Å². The van der Waals surface area contributed by atoms with Crippen LogP contribution in [-0.4, -0.2) is 52.1 Å². The molecule has 1 aliphatic heterocycles. The second-order valence-corrected chi connectivity index (χ2v) is 9.24. The summed E-state index contributed by atoms with van der Waals surface area (Å²) in [7, 11) is 0. The molecule has 4 amide bonds. The average molecular weight is 454 g/mol. The monoisotopic (exact) mass is 453 g/mol. The number of hydrogen-bond acceptors (Lipinski definition) is 4. The summed E-state index contributed by atoms with van der Waals surface area (Å²) in [6, 6.07) is 7.15. The van der Waals surface area contributed by atoms with Crippen LogP contribution < -0.4 is 5.32 Å². The number of imide groups is 1. The van der Waals surface area contributed by atoms with Crippen LogP contribution >= 0.6 is 0 Å². The van der Waals surface area contributed by atoms with E-state index in [-0.39, 0.29) is 61.0 Å². The first-order valence-electron chi connectivity index (χ1n) is 11.9. The number of carbonyl (C=O) groups excluding carboxylic acids is 4. The number of likely N-dealkylation sites (tertiary alicyclic amines) is 1. The highest BCUT2D eigenvalue weighted by Gasteiger charge is 2.47. The molecule has 3 rings (SSSR count). The second-order valence-electron chi connectivity index (χ2n) is 9.24. The predicted octanol–water partition coefficient (Wildman–Crippen LogP) is 2.97. The van der Waals surface area contributed by atoms with E-state index in [0.717, 1.165) is 17.5 Å². The Hall–Kier alpha value is -2.96. The van der Waals surface area contributed by atoms with E-state index in [9.17, 15) is 19.2 Å². The average Bonchev–Trinajstić information content (AvgIpc) is 3.05. The first-order chi connectivity index (χ1) is 15.7. The molecule has 0 saturated carbocycles. The van der Waals surface area contributed by atoms with Crippen LogP contribution in [0.15, 0.2) is 36.4 Å². The summed E-state index contributed by atoms with van der Waals surface area (Å²) in [4.78, 5) is 54.4. The highest BCUT2D eigenvalue weighted by Crippen LogP contribution is 2.35. The zero-order valence-corrected chi connectivity index (χ0v) is 20.0. The fraction of sp³-hybridized carbons (Fsp3) is 0.538. The van der Waals surface area contributed by atoms with Crippen LogP contribution in [0.4, 0.5) is 0 Å². The maximum absolute atomic E-state index is 13.3. The molecule has 1 aromatic carbocycles. The minimum absolute atomic E-state index is 0.00286. The molecule has 1 saturated heterocycles. The Kier molecular flexibility index (Phi) is 8.06. The fourth-order valence-corrected chi connectivity index (χ4v) is 4.50. The zero-order valence-electron chi connectivity index (χ0n) is 20.0. The molecule has 7 nitrogen and oxygen atoms in total. The summed E-state index contributed by atoms with van der Waals surface area (Å²) in [5, 5.41) is 2.95. The van der Waals surface area contributed by atoms with Crippen molar-refractivity contribution in [3.63, 3.8) is 0 Å². The molecule has 0 bridgehead atoms. The van der Waals surface area contributed by atoms with Gasteiger partial charge in [-0.05, 0) is 45.6 Å². The highest BCUT2D eigenvalue weighted by atomic mass is 16.2. The van der Waals surface area contributed by atoms with E-state index in [1.54, 1.807) is 11.8 Å². The van der Waals surface area contributed by atoms with Crippen molar-refractivity contribution in [1.82, 2.24) is 15.1 Å². The van der Waals surface area contributed by atoms with E-state index in [2.05, 4.69) is 5.32 Å². The van der Waals surface area contributed by atoms with Gasteiger partial charge in [0.05, 0.1) is 11.8 Å². The van der Waals surface area contributed by atoms with Gasteiger partial charge in [0.15, 0.2) is 0 Å². The second kappa shape index (κ2) is 10.8. The fourth-order valence-electron chi connectivity index (χ4n) is 4.50. The molecular formula is C26H35N3O4. The largest absolute Gasteiger partial charge is 0.352 e. The molecule has 1 aromatic rings. The van der Waals surface area contributed by atoms with E-state index in [1.807, 2.05) is 57.2 Å². The van der Waals surface area contributed by atoms with E-state index in [0.29, 0.717) is 12.8 Å². The Balaban J connectivity index is 1.72. The Morgan fingerprint density at radius 3 is 2.33 bits per heavy atom. The molecule has 7 heteroatoms. The van der Waals surface area contributed by atoms with Crippen molar-refractivity contribution in [2.24, 2.45) is 11.8 Å². The van der Waals surface area contributed by atoms with E-state index >= 15 is 0 Å². The van der Waals surface area contributed by atoms with Crippen LogP contribution in [0, 0.1) is 18.8 Å². The molecule has 4 atom stereocenters. The SMILES string of the molecule is CC[C@H](C)NC(=O)[C@H](C)N(Cc1cccc(C)c1)C(=O)CCN1C(=O)[C@H]2CC=CC[C@H]2C1=O. The normalized spacial score (nSPS) is 21.5. The molecule has 1 N–H and O–H groups in total. The summed E-state index contributed by atoms with van der Waals surface area (Å²) < 4.78 is 0. The molecule has 33 heavy (non-hydrogen) atoms. The quantitative estimate of drug-likeness (QED) is 0.460. The van der Waals surface area contributed by atoms with E-state index in [1.165, 1.54) is 4.90 Å². The van der Waals surface area contributed by atoms with E-state index < -0.39 is 6.04 Å². The lowest BCUT2D eigenvalue weighted by Crippen LogP contribution is -2.50. The number of rotatable bonds is 9. The van der Waals surface area contributed by atoms with Crippen LogP contribution in [0.5, 0.6) is 0 Å². The zero-order chi connectivity index (χ0) is 24.1. The third-order valence-electron chi connectivity index (χ3n) is 6.75. The van der Waals surface area contributed by atoms with Crippen molar-refractivity contribution < 1.29 is 19.2 Å². The molecule has 2 aliphatic rings. The van der Waals surface area contributed by atoms with Gasteiger partial charge in [-0.15, -0.1) is 0 Å². The first kappa shape index (κ1) is 24.7. The lowest BCUT2D eigenvalue weighted by Gasteiger charge is -2.30. The third-order valence-corrected chi connectivity index (χ3v) is 6.75. The van der Waals surface area contributed by atoms with Gasteiger partial charge in [-0.25, -0.2) is 0 Å². The molecule has 1 heterocycles. The van der Waals surface area contributed by atoms with Crippen molar-refractivity contribution >= 4 is 23.6 Å². The molecule has 1 fully saturated rings. The van der Waals surface area contributed by atoms with Gasteiger partial charge in [-0.1, -0.05) is 48.9 Å². The Labute approximate surface area is 196 Å². The Morgan fingerprint density at radius 1 is 1.12 bits per heavy atom. The number of aryl methyl sites for hydroxylation is 1. The minimum Gasteiger partial charge on any atom is -0.352 e. The van der Waals surface area contributed by atoms with Gasteiger partial charge in [0, 0.05) is 25.6 Å². The maximum Gasteiger partial charge on any atom is 0.242 e. The van der Waals surface area contributed by atoms with Crippen molar-refractivity contribution in [2.45, 2.75) is 72.0 Å². The first-order valence-corrected chi connectivity index (χ1v) is 11.9. The maximum atomic E-state index is 13.3. The van der Waals surface area contributed by atoms with Crippen molar-refractivity contribution in [1.29, 1.82) is 0 Å². The number of allylic oxidation sites excluding steroid dienone is 2. The van der Waals surface area contributed by atoms with Crippen molar-refractivity contribution in [3.05, 3.63) is 47.5 Å². The van der Waals surface area contributed by atoms with Gasteiger partial charge in [0.2, 0.25) is 23.6 Å².